The van der Waals surface area contributed by atoms with Crippen LogP contribution >= 0.6 is 11.6 Å². The number of aromatic hydroxyl groups is 2. The van der Waals surface area contributed by atoms with E-state index in [1.807, 2.05) is 27.7 Å². The second-order valence-corrected chi connectivity index (χ2v) is 12.5. The number of hydrogen-bond donors (Lipinski definition) is 3. The molecular formula is C30H42ClFN2O6S. The first kappa shape index (κ1) is 34.7. The molecule has 2 aromatic carbocycles. The van der Waals surface area contributed by atoms with Gasteiger partial charge in [-0.2, -0.15) is 0 Å². The molecule has 1 heterocycles. The summed E-state index contributed by atoms with van der Waals surface area (Å²) < 4.78 is 27.9. The lowest BCUT2D eigenvalue weighted by atomic mass is 9.97. The number of nitrogens with zero attached hydrogens (tertiary/aromatic N) is 2. The Labute approximate surface area is 249 Å². The average molecular weight is 613 g/mol. The monoisotopic (exact) mass is 612 g/mol. The van der Waals surface area contributed by atoms with E-state index in [9.17, 15) is 33.5 Å². The van der Waals surface area contributed by atoms with Crippen LogP contribution in [0.15, 0.2) is 29.2 Å². The third kappa shape index (κ3) is 7.10. The van der Waals surface area contributed by atoms with Gasteiger partial charge in [-0.25, -0.2) is 4.39 Å². The first-order valence-electron chi connectivity index (χ1n) is 13.9. The summed E-state index contributed by atoms with van der Waals surface area (Å²) in [6, 6.07) is 5.30. The molecule has 0 aromatic heterocycles. The summed E-state index contributed by atoms with van der Waals surface area (Å²) in [5.74, 6) is -2.75. The SMILES string of the molecule is CC.CCCN(CC(=O)C(C)(O)CC)C(C)(CC)S(=O)c1cc(O)c(O)c2c1CN(Cc1ccc(F)c(Cl)c1)C2=O. The number of benzene rings is 2. The number of ketones is 1. The molecule has 11 heteroatoms. The maximum Gasteiger partial charge on any atom is 0.258 e. The van der Waals surface area contributed by atoms with Gasteiger partial charge < -0.3 is 20.2 Å². The van der Waals surface area contributed by atoms with Gasteiger partial charge in [0, 0.05) is 24.7 Å². The number of rotatable bonds is 12. The summed E-state index contributed by atoms with van der Waals surface area (Å²) >= 11 is 5.90. The third-order valence-electron chi connectivity index (χ3n) is 7.60. The predicted octanol–water partition coefficient (Wildman–Crippen LogP) is 5.75. The molecule has 1 amide bonds. The largest absolute Gasteiger partial charge is 0.504 e. The summed E-state index contributed by atoms with van der Waals surface area (Å²) in [4.78, 5) is 28.5. The van der Waals surface area contributed by atoms with Crippen molar-refractivity contribution in [3.05, 3.63) is 51.8 Å². The number of fused-ring (bicyclic) bond motifs is 1. The van der Waals surface area contributed by atoms with Gasteiger partial charge >= 0.3 is 0 Å². The van der Waals surface area contributed by atoms with E-state index in [-0.39, 0.29) is 41.5 Å². The molecule has 8 nitrogen and oxygen atoms in total. The highest BCUT2D eigenvalue weighted by Gasteiger charge is 2.43. The molecule has 3 unspecified atom stereocenters. The van der Waals surface area contributed by atoms with Gasteiger partial charge in [0.2, 0.25) is 0 Å². The molecule has 0 aliphatic carbocycles. The van der Waals surface area contributed by atoms with Crippen molar-refractivity contribution in [3.63, 3.8) is 0 Å². The Morgan fingerprint density at radius 2 is 1.78 bits per heavy atom. The third-order valence-corrected chi connectivity index (χ3v) is 9.99. The van der Waals surface area contributed by atoms with Crippen LogP contribution in [0.2, 0.25) is 5.02 Å². The van der Waals surface area contributed by atoms with Crippen molar-refractivity contribution in [1.82, 2.24) is 9.80 Å². The number of halogens is 2. The van der Waals surface area contributed by atoms with Crippen molar-refractivity contribution in [2.24, 2.45) is 0 Å². The number of carbonyl (C=O) groups is 2. The lowest BCUT2D eigenvalue weighted by Gasteiger charge is -2.41. The number of amides is 1. The molecule has 0 saturated carbocycles. The lowest BCUT2D eigenvalue weighted by Crippen LogP contribution is -2.54. The topological polar surface area (TPSA) is 118 Å². The average Bonchev–Trinajstić information content (AvgIpc) is 3.28. The van der Waals surface area contributed by atoms with Gasteiger partial charge in [-0.15, -0.1) is 0 Å². The van der Waals surface area contributed by atoms with Gasteiger partial charge in [-0.1, -0.05) is 52.3 Å². The minimum atomic E-state index is -1.88. The Kier molecular flexibility index (Phi) is 11.9. The van der Waals surface area contributed by atoms with Gasteiger partial charge in [0.1, 0.15) is 11.4 Å². The molecule has 0 radical (unpaired) electrons. The van der Waals surface area contributed by atoms with E-state index in [1.165, 1.54) is 36.1 Å². The molecule has 41 heavy (non-hydrogen) atoms. The maximum atomic E-state index is 14.3. The molecule has 3 N–H and O–H groups in total. The van der Waals surface area contributed by atoms with Crippen LogP contribution in [-0.2, 0) is 28.7 Å². The van der Waals surface area contributed by atoms with Gasteiger partial charge in [0.25, 0.3) is 5.91 Å². The van der Waals surface area contributed by atoms with Crippen LogP contribution < -0.4 is 0 Å². The van der Waals surface area contributed by atoms with Crippen molar-refractivity contribution in [2.75, 3.05) is 13.1 Å². The summed E-state index contributed by atoms with van der Waals surface area (Å²) in [6.45, 7) is 13.0. The summed E-state index contributed by atoms with van der Waals surface area (Å²) in [7, 11) is -1.88. The van der Waals surface area contributed by atoms with Crippen LogP contribution in [0.5, 0.6) is 11.5 Å². The Morgan fingerprint density at radius 1 is 1.15 bits per heavy atom. The molecule has 3 atom stereocenters. The second kappa shape index (κ2) is 14.1. The highest BCUT2D eigenvalue weighted by molar-refractivity contribution is 7.86. The molecule has 0 saturated heterocycles. The molecule has 0 fully saturated rings. The van der Waals surface area contributed by atoms with Gasteiger partial charge in [-0.3, -0.25) is 18.7 Å². The minimum Gasteiger partial charge on any atom is -0.504 e. The Hall–Kier alpha value is -2.53. The van der Waals surface area contributed by atoms with Crippen molar-refractivity contribution < 1.29 is 33.5 Å². The number of Topliss-reactive ketones (excluding diaryl/α,β-unsaturated/α-hetero) is 1. The van der Waals surface area contributed by atoms with E-state index in [1.54, 1.807) is 18.7 Å². The number of phenolic OH excluding ortho intramolecular Hbond substituents is 2. The Morgan fingerprint density at radius 3 is 2.32 bits per heavy atom. The first-order valence-corrected chi connectivity index (χ1v) is 15.5. The molecule has 228 valence electrons. The maximum absolute atomic E-state index is 14.3. The van der Waals surface area contributed by atoms with Gasteiger partial charge in [0.05, 0.1) is 37.7 Å². The van der Waals surface area contributed by atoms with Crippen molar-refractivity contribution in [2.45, 2.75) is 96.2 Å². The normalized spacial score (nSPS) is 16.5. The van der Waals surface area contributed by atoms with Crippen LogP contribution in [-0.4, -0.2) is 64.6 Å². The number of carbonyl (C=O) groups excluding carboxylic acids is 2. The van der Waals surface area contributed by atoms with Crippen LogP contribution in [0.4, 0.5) is 4.39 Å². The minimum absolute atomic E-state index is 0.00484. The van der Waals surface area contributed by atoms with E-state index in [0.29, 0.717) is 30.5 Å². The van der Waals surface area contributed by atoms with Crippen molar-refractivity contribution in [1.29, 1.82) is 0 Å². The van der Waals surface area contributed by atoms with Crippen LogP contribution in [0.1, 0.15) is 89.2 Å². The molecule has 1 aliphatic heterocycles. The van der Waals surface area contributed by atoms with E-state index in [4.69, 9.17) is 11.6 Å². The van der Waals surface area contributed by atoms with Crippen LogP contribution in [0, 0.1) is 5.82 Å². The summed E-state index contributed by atoms with van der Waals surface area (Å²) in [6.07, 6.45) is 1.23. The van der Waals surface area contributed by atoms with E-state index >= 15 is 0 Å². The fraction of sp³-hybridized carbons (Fsp3) is 0.533. The lowest BCUT2D eigenvalue weighted by molar-refractivity contribution is -0.138. The predicted molar refractivity (Wildman–Crippen MR) is 159 cm³/mol. The van der Waals surface area contributed by atoms with Gasteiger partial charge in [-0.05, 0) is 57.4 Å². The number of hydrogen-bond acceptors (Lipinski definition) is 7. The molecular weight excluding hydrogens is 571 g/mol. The molecule has 2 aromatic rings. The standard InChI is InChI=1S/C28H36ClFN2O6S.C2H6/c1-6-11-32(16-23(34)27(4,37)7-2)28(5,8-3)39(38)22-13-21(33)25(35)24-18(22)15-31(26(24)36)14-17-9-10-20(30)19(29)12-17;1-2/h9-10,12-13,33,35,37H,6-8,11,14-16H2,1-5H3;1-2H3. The second-order valence-electron chi connectivity index (χ2n) is 10.3. The zero-order valence-electron chi connectivity index (χ0n) is 24.9. The molecule has 1 aliphatic rings. The van der Waals surface area contributed by atoms with Crippen LogP contribution in [0.3, 0.4) is 0 Å². The Bertz CT molecular complexity index is 1300. The summed E-state index contributed by atoms with van der Waals surface area (Å²) in [5.41, 5.74) is -0.805. The fourth-order valence-corrected chi connectivity index (χ4v) is 6.57. The van der Waals surface area contributed by atoms with Crippen molar-refractivity contribution in [3.8, 4) is 11.5 Å². The van der Waals surface area contributed by atoms with E-state index in [0.717, 1.165) is 0 Å². The van der Waals surface area contributed by atoms with E-state index in [2.05, 4.69) is 0 Å². The zero-order chi connectivity index (χ0) is 31.3. The highest BCUT2D eigenvalue weighted by Crippen LogP contribution is 2.43. The quantitative estimate of drug-likeness (QED) is 0.261. The molecule has 0 spiro atoms. The summed E-state index contributed by atoms with van der Waals surface area (Å²) in [5, 5.41) is 31.6. The smallest absolute Gasteiger partial charge is 0.258 e. The first-order chi connectivity index (χ1) is 19.2. The van der Waals surface area contributed by atoms with Crippen molar-refractivity contribution >= 4 is 34.1 Å². The number of phenols is 2. The van der Waals surface area contributed by atoms with Gasteiger partial charge in [0.15, 0.2) is 17.3 Å². The van der Waals surface area contributed by atoms with Crippen LogP contribution in [0.25, 0.3) is 0 Å². The zero-order valence-corrected chi connectivity index (χ0v) is 26.5. The fourth-order valence-electron chi connectivity index (χ4n) is 4.64. The number of aliphatic hydroxyl groups is 1. The highest BCUT2D eigenvalue weighted by atomic mass is 35.5. The molecule has 0 bridgehead atoms. The van der Waals surface area contributed by atoms with E-state index < -0.39 is 50.3 Å². The molecule has 3 rings (SSSR count). The Balaban J connectivity index is 0.00000287.